The highest BCUT2D eigenvalue weighted by atomic mass is 16.1. The van der Waals surface area contributed by atoms with Gasteiger partial charge in [0.15, 0.2) is 0 Å². The third-order valence-electron chi connectivity index (χ3n) is 2.56. The van der Waals surface area contributed by atoms with Crippen LogP contribution in [0.1, 0.15) is 20.7 Å². The molecule has 0 spiro atoms. The number of nitrogen functional groups attached to an aromatic ring is 2. The predicted octanol–water partition coefficient (Wildman–Crippen LogP) is -0.361. The number of hydrogen-bond acceptors (Lipinski definition) is 6. The van der Waals surface area contributed by atoms with Gasteiger partial charge in [0, 0.05) is 35.6 Å². The first-order valence-corrected chi connectivity index (χ1v) is 7.02. The van der Waals surface area contributed by atoms with Crippen molar-refractivity contribution in [3.05, 3.63) is 59.7 Å². The Morgan fingerprint density at radius 3 is 1.04 bits per heavy atom. The summed E-state index contributed by atoms with van der Waals surface area (Å²) in [5.74, 6) is -0.861. The van der Waals surface area contributed by atoms with Crippen LogP contribution >= 0.6 is 0 Å². The van der Waals surface area contributed by atoms with Crippen molar-refractivity contribution in [3.63, 3.8) is 0 Å². The van der Waals surface area contributed by atoms with Gasteiger partial charge in [0.25, 0.3) is 0 Å². The van der Waals surface area contributed by atoms with Gasteiger partial charge in [-0.1, -0.05) is 0 Å². The van der Waals surface area contributed by atoms with Crippen molar-refractivity contribution in [3.8, 4) is 0 Å². The van der Waals surface area contributed by atoms with Gasteiger partial charge >= 0.3 is 0 Å². The van der Waals surface area contributed by atoms with Gasteiger partial charge in [0.05, 0.1) is 0 Å². The van der Waals surface area contributed by atoms with E-state index in [1.807, 2.05) is 0 Å². The normalized spacial score (nSPS) is 8.92. The van der Waals surface area contributed by atoms with Crippen molar-refractivity contribution in [2.45, 2.75) is 0 Å². The first kappa shape index (κ1) is 20.9. The molecule has 0 saturated carbocycles. The monoisotopic (exact) mass is 332 g/mol. The molecule has 2 rings (SSSR count). The van der Waals surface area contributed by atoms with Gasteiger partial charge in [-0.3, -0.25) is 9.59 Å². The van der Waals surface area contributed by atoms with Crippen molar-refractivity contribution < 1.29 is 9.59 Å². The molecule has 0 aromatic heterocycles. The van der Waals surface area contributed by atoms with E-state index >= 15 is 0 Å². The molecule has 0 bridgehead atoms. The van der Waals surface area contributed by atoms with Gasteiger partial charge in [0.2, 0.25) is 11.8 Å². The molecule has 0 aliphatic heterocycles. The molecule has 0 radical (unpaired) electrons. The topological polar surface area (TPSA) is 190 Å². The molecule has 0 saturated heterocycles. The summed E-state index contributed by atoms with van der Waals surface area (Å²) in [6.07, 6.45) is 0. The average molecular weight is 332 g/mol. The SMILES string of the molecule is NC(=O)c1ccc(N)cc1.NC(=O)c1ccc(N)cc1.NCCN. The molecule has 0 aliphatic carbocycles. The molecule has 0 atom stereocenters. The maximum Gasteiger partial charge on any atom is 0.248 e. The van der Waals surface area contributed by atoms with Crippen LogP contribution in [-0.2, 0) is 0 Å². The molecule has 2 aromatic carbocycles. The summed E-state index contributed by atoms with van der Waals surface area (Å²) in [4.78, 5) is 21.0. The van der Waals surface area contributed by atoms with E-state index in [0.717, 1.165) is 0 Å². The second kappa shape index (κ2) is 11.5. The smallest absolute Gasteiger partial charge is 0.248 e. The van der Waals surface area contributed by atoms with E-state index in [0.29, 0.717) is 35.6 Å². The highest BCUT2D eigenvalue weighted by Crippen LogP contribution is 2.04. The van der Waals surface area contributed by atoms with Crippen LogP contribution in [0.25, 0.3) is 0 Å². The summed E-state index contributed by atoms with van der Waals surface area (Å²) in [5.41, 5.74) is 32.7. The summed E-state index contributed by atoms with van der Waals surface area (Å²) < 4.78 is 0. The molecule has 0 heterocycles. The number of nitrogens with two attached hydrogens (primary N) is 6. The fraction of sp³-hybridized carbons (Fsp3) is 0.125. The van der Waals surface area contributed by atoms with E-state index in [-0.39, 0.29) is 0 Å². The van der Waals surface area contributed by atoms with Gasteiger partial charge in [-0.05, 0) is 48.5 Å². The minimum absolute atomic E-state index is 0.431. The van der Waals surface area contributed by atoms with E-state index < -0.39 is 11.8 Å². The Hall–Kier alpha value is -3.10. The standard InChI is InChI=1S/2C7H8N2O.C2H8N2/c2*8-6-3-1-5(2-4-6)7(9)10;3-1-2-4/h2*1-4H,8H2,(H2,9,10);1-4H2. The second-order valence-corrected chi connectivity index (χ2v) is 4.55. The Morgan fingerprint density at radius 1 is 0.625 bits per heavy atom. The largest absolute Gasteiger partial charge is 0.399 e. The number of hydrogen-bond donors (Lipinski definition) is 6. The minimum Gasteiger partial charge on any atom is -0.399 e. The lowest BCUT2D eigenvalue weighted by Crippen LogP contribution is -2.11. The summed E-state index contributed by atoms with van der Waals surface area (Å²) in [6.45, 7) is 1.19. The fourth-order valence-electron chi connectivity index (χ4n) is 1.29. The molecular formula is C16H24N6O2. The number of rotatable bonds is 3. The van der Waals surface area contributed by atoms with Gasteiger partial charge in [-0.15, -0.1) is 0 Å². The Bertz CT molecular complexity index is 569. The van der Waals surface area contributed by atoms with Crippen molar-refractivity contribution in [1.29, 1.82) is 0 Å². The average Bonchev–Trinajstić information content (AvgIpc) is 2.56. The lowest BCUT2D eigenvalue weighted by Gasteiger charge is -1.93. The maximum atomic E-state index is 10.5. The summed E-state index contributed by atoms with van der Waals surface area (Å²) in [5, 5.41) is 0. The van der Waals surface area contributed by atoms with Crippen LogP contribution in [0, 0.1) is 0 Å². The predicted molar refractivity (Wildman–Crippen MR) is 96.9 cm³/mol. The Labute approximate surface area is 140 Å². The van der Waals surface area contributed by atoms with Crippen molar-refractivity contribution in [2.24, 2.45) is 22.9 Å². The molecule has 2 aromatic rings. The minimum atomic E-state index is -0.431. The van der Waals surface area contributed by atoms with Crippen molar-refractivity contribution in [2.75, 3.05) is 24.6 Å². The first-order valence-electron chi connectivity index (χ1n) is 7.02. The second-order valence-electron chi connectivity index (χ2n) is 4.55. The molecule has 12 N–H and O–H groups in total. The Balaban J connectivity index is 0.000000363. The zero-order chi connectivity index (χ0) is 18.5. The van der Waals surface area contributed by atoms with Crippen LogP contribution in [0.5, 0.6) is 0 Å². The molecule has 2 amide bonds. The van der Waals surface area contributed by atoms with E-state index in [1.54, 1.807) is 48.5 Å². The first-order chi connectivity index (χ1) is 11.3. The molecule has 8 heteroatoms. The van der Waals surface area contributed by atoms with E-state index in [1.165, 1.54) is 0 Å². The third kappa shape index (κ3) is 9.03. The highest BCUT2D eigenvalue weighted by Gasteiger charge is 1.97. The highest BCUT2D eigenvalue weighted by molar-refractivity contribution is 5.93. The third-order valence-corrected chi connectivity index (χ3v) is 2.56. The summed E-state index contributed by atoms with van der Waals surface area (Å²) >= 11 is 0. The van der Waals surface area contributed by atoms with Crippen LogP contribution in [0.3, 0.4) is 0 Å². The Morgan fingerprint density at radius 2 is 0.875 bits per heavy atom. The van der Waals surface area contributed by atoms with Crippen LogP contribution in [0.4, 0.5) is 11.4 Å². The molecule has 0 unspecified atom stereocenters. The summed E-state index contributed by atoms with van der Waals surface area (Å²) in [6, 6.07) is 12.9. The number of carbonyl (C=O) groups is 2. The maximum absolute atomic E-state index is 10.5. The Kier molecular flexibility index (Phi) is 9.98. The van der Waals surface area contributed by atoms with Crippen molar-refractivity contribution in [1.82, 2.24) is 0 Å². The van der Waals surface area contributed by atoms with E-state index in [9.17, 15) is 9.59 Å². The van der Waals surface area contributed by atoms with Gasteiger partial charge < -0.3 is 34.4 Å². The molecule has 8 nitrogen and oxygen atoms in total. The molecule has 24 heavy (non-hydrogen) atoms. The summed E-state index contributed by atoms with van der Waals surface area (Å²) in [7, 11) is 0. The van der Waals surface area contributed by atoms with E-state index in [4.69, 9.17) is 34.4 Å². The van der Waals surface area contributed by atoms with Crippen molar-refractivity contribution >= 4 is 23.2 Å². The van der Waals surface area contributed by atoms with Crippen LogP contribution in [0.2, 0.25) is 0 Å². The molecule has 0 fully saturated rings. The number of carbonyl (C=O) groups excluding carboxylic acids is 2. The number of amides is 2. The fourth-order valence-corrected chi connectivity index (χ4v) is 1.29. The zero-order valence-electron chi connectivity index (χ0n) is 13.3. The van der Waals surface area contributed by atoms with Gasteiger partial charge in [-0.25, -0.2) is 0 Å². The number of anilines is 2. The molecule has 130 valence electrons. The zero-order valence-corrected chi connectivity index (χ0v) is 13.3. The molecular weight excluding hydrogens is 308 g/mol. The number of benzene rings is 2. The van der Waals surface area contributed by atoms with Crippen LogP contribution < -0.4 is 34.4 Å². The van der Waals surface area contributed by atoms with Gasteiger partial charge in [-0.2, -0.15) is 0 Å². The van der Waals surface area contributed by atoms with Crippen LogP contribution in [0.15, 0.2) is 48.5 Å². The van der Waals surface area contributed by atoms with Crippen LogP contribution in [-0.4, -0.2) is 24.9 Å². The quantitative estimate of drug-likeness (QED) is 0.416. The molecule has 0 aliphatic rings. The lowest BCUT2D eigenvalue weighted by molar-refractivity contribution is 0.0992. The lowest BCUT2D eigenvalue weighted by atomic mass is 10.2. The van der Waals surface area contributed by atoms with E-state index in [2.05, 4.69) is 0 Å². The van der Waals surface area contributed by atoms with Gasteiger partial charge in [0.1, 0.15) is 0 Å². The number of primary amides is 2.